The number of esters is 1. The van der Waals surface area contributed by atoms with Crippen LogP contribution in [0.1, 0.15) is 27.2 Å². The van der Waals surface area contributed by atoms with Gasteiger partial charge in [-0.25, -0.2) is 0 Å². The van der Waals surface area contributed by atoms with Gasteiger partial charge in [-0.2, -0.15) is 0 Å². The molecular formula is C11H18O4. The lowest BCUT2D eigenvalue weighted by Gasteiger charge is -2.22. The van der Waals surface area contributed by atoms with Gasteiger partial charge in [0.2, 0.25) is 0 Å². The van der Waals surface area contributed by atoms with Gasteiger partial charge in [0.1, 0.15) is 12.2 Å². The van der Waals surface area contributed by atoms with Crippen molar-refractivity contribution in [1.82, 2.24) is 0 Å². The maximum Gasteiger partial charge on any atom is 0.309 e. The van der Waals surface area contributed by atoms with E-state index in [9.17, 15) is 4.79 Å². The highest BCUT2D eigenvalue weighted by molar-refractivity contribution is 5.72. The molecule has 2 fully saturated rings. The summed E-state index contributed by atoms with van der Waals surface area (Å²) in [4.78, 5) is 11.7. The summed E-state index contributed by atoms with van der Waals surface area (Å²) in [6.45, 7) is 6.56. The third-order valence-electron chi connectivity index (χ3n) is 3.17. The van der Waals surface area contributed by atoms with Gasteiger partial charge >= 0.3 is 5.97 Å². The van der Waals surface area contributed by atoms with Gasteiger partial charge in [0.05, 0.1) is 12.5 Å². The Bertz CT molecular complexity index is 251. The summed E-state index contributed by atoms with van der Waals surface area (Å²) in [6, 6.07) is 0. The van der Waals surface area contributed by atoms with Crippen LogP contribution < -0.4 is 0 Å². The molecule has 4 nitrogen and oxygen atoms in total. The molecule has 2 aliphatic heterocycles. The molecule has 2 rings (SSSR count). The van der Waals surface area contributed by atoms with Crippen molar-refractivity contribution in [3.63, 3.8) is 0 Å². The van der Waals surface area contributed by atoms with E-state index in [0.29, 0.717) is 12.5 Å². The number of rotatable bonds is 3. The topological polar surface area (TPSA) is 48.1 Å². The minimum absolute atomic E-state index is 0.0120. The Balaban J connectivity index is 1.83. The number of hydrogen-bond donors (Lipinski definition) is 0. The second-order valence-corrected chi connectivity index (χ2v) is 4.64. The number of epoxide rings is 1. The van der Waals surface area contributed by atoms with Crippen LogP contribution in [0.5, 0.6) is 0 Å². The fourth-order valence-corrected chi connectivity index (χ4v) is 1.63. The van der Waals surface area contributed by atoms with Crippen LogP contribution in [0.2, 0.25) is 0 Å². The quantitative estimate of drug-likeness (QED) is 0.525. The average molecular weight is 214 g/mol. The molecule has 0 N–H and O–H groups in total. The van der Waals surface area contributed by atoms with Crippen LogP contribution in [0.15, 0.2) is 0 Å². The van der Waals surface area contributed by atoms with Crippen LogP contribution in [-0.2, 0) is 19.0 Å². The Labute approximate surface area is 89.9 Å². The monoisotopic (exact) mass is 214 g/mol. The maximum absolute atomic E-state index is 11.7. The molecule has 2 aliphatic rings. The summed E-state index contributed by atoms with van der Waals surface area (Å²) in [5.74, 6) is 0.143. The predicted molar refractivity (Wildman–Crippen MR) is 53.1 cm³/mol. The molecule has 0 radical (unpaired) electrons. The lowest BCUT2D eigenvalue weighted by molar-refractivity contribution is -0.158. The molecule has 0 bridgehead atoms. The van der Waals surface area contributed by atoms with E-state index in [1.54, 1.807) is 0 Å². The summed E-state index contributed by atoms with van der Waals surface area (Å²) in [5.41, 5.74) is 0. The van der Waals surface area contributed by atoms with Crippen LogP contribution in [0.25, 0.3) is 0 Å². The van der Waals surface area contributed by atoms with E-state index in [-0.39, 0.29) is 30.4 Å². The zero-order valence-electron chi connectivity index (χ0n) is 9.43. The highest BCUT2D eigenvalue weighted by Crippen LogP contribution is 2.34. The fraction of sp³-hybridized carbons (Fsp3) is 0.909. The first-order valence-electron chi connectivity index (χ1n) is 5.57. The molecule has 0 aromatic heterocycles. The van der Waals surface area contributed by atoms with Crippen LogP contribution in [-0.4, -0.2) is 31.1 Å². The molecule has 2 heterocycles. The number of hydrogen-bond acceptors (Lipinski definition) is 4. The Morgan fingerprint density at radius 3 is 2.80 bits per heavy atom. The van der Waals surface area contributed by atoms with Gasteiger partial charge in [0, 0.05) is 6.42 Å². The SMILES string of the molecule is CC(C)C(C)C(=O)OC1CCOC2OC12. The van der Waals surface area contributed by atoms with E-state index in [4.69, 9.17) is 14.2 Å². The first-order chi connectivity index (χ1) is 7.09. The first kappa shape index (κ1) is 10.9. The second kappa shape index (κ2) is 4.10. The van der Waals surface area contributed by atoms with Crippen LogP contribution in [0, 0.1) is 11.8 Å². The molecule has 0 amide bonds. The lowest BCUT2D eigenvalue weighted by Crippen LogP contribution is -2.33. The van der Waals surface area contributed by atoms with Crippen molar-refractivity contribution in [2.75, 3.05) is 6.61 Å². The average Bonchev–Trinajstić information content (AvgIpc) is 2.96. The van der Waals surface area contributed by atoms with E-state index in [0.717, 1.165) is 6.42 Å². The number of fused-ring (bicyclic) bond motifs is 1. The Kier molecular flexibility index (Phi) is 2.98. The van der Waals surface area contributed by atoms with Gasteiger partial charge in [-0.05, 0) is 5.92 Å². The maximum atomic E-state index is 11.7. The molecule has 0 aromatic carbocycles. The Morgan fingerprint density at radius 2 is 2.13 bits per heavy atom. The summed E-state index contributed by atoms with van der Waals surface area (Å²) in [7, 11) is 0. The van der Waals surface area contributed by atoms with Crippen LogP contribution in [0.4, 0.5) is 0 Å². The molecule has 86 valence electrons. The highest BCUT2D eigenvalue weighted by Gasteiger charge is 2.51. The molecule has 2 saturated heterocycles. The molecule has 0 aliphatic carbocycles. The summed E-state index contributed by atoms with van der Waals surface area (Å²) >= 11 is 0. The largest absolute Gasteiger partial charge is 0.459 e. The van der Waals surface area contributed by atoms with Crippen LogP contribution in [0.3, 0.4) is 0 Å². The van der Waals surface area contributed by atoms with Crippen molar-refractivity contribution in [3.05, 3.63) is 0 Å². The minimum atomic E-state index is -0.120. The number of carbonyl (C=O) groups excluding carboxylic acids is 1. The van der Waals surface area contributed by atoms with Crippen molar-refractivity contribution in [2.24, 2.45) is 11.8 Å². The molecule has 4 heteroatoms. The molecule has 0 aromatic rings. The van der Waals surface area contributed by atoms with E-state index in [1.165, 1.54) is 0 Å². The smallest absolute Gasteiger partial charge is 0.309 e. The Hall–Kier alpha value is -0.610. The number of carbonyl (C=O) groups is 1. The van der Waals surface area contributed by atoms with Crippen molar-refractivity contribution < 1.29 is 19.0 Å². The second-order valence-electron chi connectivity index (χ2n) is 4.64. The van der Waals surface area contributed by atoms with E-state index in [1.807, 2.05) is 20.8 Å². The van der Waals surface area contributed by atoms with Crippen molar-refractivity contribution >= 4 is 5.97 Å². The zero-order chi connectivity index (χ0) is 11.0. The summed E-state index contributed by atoms with van der Waals surface area (Å²) in [5, 5.41) is 0. The molecule has 15 heavy (non-hydrogen) atoms. The minimum Gasteiger partial charge on any atom is -0.459 e. The fourth-order valence-electron chi connectivity index (χ4n) is 1.63. The van der Waals surface area contributed by atoms with E-state index < -0.39 is 0 Å². The number of ether oxygens (including phenoxy) is 3. The lowest BCUT2D eigenvalue weighted by atomic mass is 9.98. The van der Waals surface area contributed by atoms with Gasteiger partial charge in [-0.1, -0.05) is 20.8 Å². The third-order valence-corrected chi connectivity index (χ3v) is 3.17. The van der Waals surface area contributed by atoms with Crippen molar-refractivity contribution in [1.29, 1.82) is 0 Å². The van der Waals surface area contributed by atoms with Gasteiger partial charge in [0.25, 0.3) is 0 Å². The van der Waals surface area contributed by atoms with Gasteiger partial charge in [0.15, 0.2) is 6.29 Å². The summed E-state index contributed by atoms with van der Waals surface area (Å²) < 4.78 is 15.9. The van der Waals surface area contributed by atoms with Gasteiger partial charge in [-0.3, -0.25) is 4.79 Å². The van der Waals surface area contributed by atoms with E-state index >= 15 is 0 Å². The molecule has 4 unspecified atom stereocenters. The zero-order valence-corrected chi connectivity index (χ0v) is 9.43. The van der Waals surface area contributed by atoms with Crippen molar-refractivity contribution in [3.8, 4) is 0 Å². The standard InChI is InChI=1S/C11H18O4/c1-6(2)7(3)10(12)14-8-4-5-13-11-9(8)15-11/h6-9,11H,4-5H2,1-3H3. The molecule has 0 spiro atoms. The van der Waals surface area contributed by atoms with Gasteiger partial charge < -0.3 is 14.2 Å². The normalized spacial score (nSPS) is 35.9. The Morgan fingerprint density at radius 1 is 1.40 bits per heavy atom. The molecule has 0 saturated carbocycles. The molecular weight excluding hydrogens is 196 g/mol. The first-order valence-corrected chi connectivity index (χ1v) is 5.57. The predicted octanol–water partition coefficient (Wildman–Crippen LogP) is 1.34. The van der Waals surface area contributed by atoms with Crippen LogP contribution >= 0.6 is 0 Å². The highest BCUT2D eigenvalue weighted by atomic mass is 16.8. The molecule has 4 atom stereocenters. The van der Waals surface area contributed by atoms with E-state index in [2.05, 4.69) is 0 Å². The third kappa shape index (κ3) is 2.32. The van der Waals surface area contributed by atoms with Gasteiger partial charge in [-0.15, -0.1) is 0 Å². The summed E-state index contributed by atoms with van der Waals surface area (Å²) in [6.07, 6.45) is 0.517. The van der Waals surface area contributed by atoms with Crippen molar-refractivity contribution in [2.45, 2.75) is 45.7 Å².